The van der Waals surface area contributed by atoms with Crippen molar-refractivity contribution in [2.75, 3.05) is 60.9 Å². The minimum atomic E-state index is 0.0408. The van der Waals surface area contributed by atoms with Gasteiger partial charge in [-0.2, -0.15) is 0 Å². The van der Waals surface area contributed by atoms with Gasteiger partial charge < -0.3 is 19.9 Å². The number of rotatable bonds is 5. The van der Waals surface area contributed by atoms with Crippen LogP contribution in [0.15, 0.2) is 35.8 Å². The maximum atomic E-state index is 12.6. The third-order valence-corrected chi connectivity index (χ3v) is 6.41. The molecule has 7 nitrogen and oxygen atoms in total. The van der Waals surface area contributed by atoms with Crippen LogP contribution in [0.2, 0.25) is 0 Å². The molecule has 0 aliphatic carbocycles. The van der Waals surface area contributed by atoms with Gasteiger partial charge in [0.15, 0.2) is 5.13 Å². The zero-order chi connectivity index (χ0) is 20.9. The van der Waals surface area contributed by atoms with Gasteiger partial charge in [0.1, 0.15) is 0 Å². The van der Waals surface area contributed by atoms with Gasteiger partial charge in [-0.05, 0) is 44.5 Å². The number of benzene rings is 1. The molecule has 0 radical (unpaired) electrons. The second kappa shape index (κ2) is 9.76. The highest BCUT2D eigenvalue weighted by Crippen LogP contribution is 2.22. The Labute approximate surface area is 182 Å². The topological polar surface area (TPSA) is 60.9 Å². The number of amides is 1. The van der Waals surface area contributed by atoms with Crippen LogP contribution >= 0.6 is 11.3 Å². The van der Waals surface area contributed by atoms with Crippen LogP contribution in [0.1, 0.15) is 20.3 Å². The molecule has 1 amide bonds. The molecule has 0 bridgehead atoms. The van der Waals surface area contributed by atoms with Gasteiger partial charge in [0.25, 0.3) is 0 Å². The Morgan fingerprint density at radius 3 is 2.57 bits per heavy atom. The molecule has 2 unspecified atom stereocenters. The fraction of sp³-hybridized carbons (Fsp3) is 0.545. The number of anilines is 3. The van der Waals surface area contributed by atoms with Crippen molar-refractivity contribution in [1.29, 1.82) is 0 Å². The number of thiazole rings is 1. The Kier molecular flexibility index (Phi) is 6.86. The summed E-state index contributed by atoms with van der Waals surface area (Å²) in [5.41, 5.74) is 2.02. The molecule has 2 atom stereocenters. The van der Waals surface area contributed by atoms with E-state index in [4.69, 9.17) is 4.74 Å². The van der Waals surface area contributed by atoms with Crippen molar-refractivity contribution in [2.24, 2.45) is 0 Å². The van der Waals surface area contributed by atoms with Gasteiger partial charge >= 0.3 is 0 Å². The lowest BCUT2D eigenvalue weighted by molar-refractivity contribution is -0.117. The maximum absolute atomic E-state index is 12.6. The van der Waals surface area contributed by atoms with Gasteiger partial charge in [-0.3, -0.25) is 9.69 Å². The minimum Gasteiger partial charge on any atom is -0.372 e. The SMILES string of the molecule is CC1CN(c2ccc(NC(=O)CN3CCCN(c4nccs4)CC3)cc2)CC(C)O1. The molecule has 3 heterocycles. The van der Waals surface area contributed by atoms with Gasteiger partial charge in [0.05, 0.1) is 18.8 Å². The van der Waals surface area contributed by atoms with Crippen molar-refractivity contribution in [3.8, 4) is 0 Å². The number of carbonyl (C=O) groups excluding carboxylic acids is 1. The first kappa shape index (κ1) is 21.1. The Morgan fingerprint density at radius 1 is 1.10 bits per heavy atom. The van der Waals surface area contributed by atoms with Crippen LogP contribution in [-0.4, -0.2) is 73.8 Å². The number of carbonyl (C=O) groups is 1. The van der Waals surface area contributed by atoms with Crippen LogP contribution in [-0.2, 0) is 9.53 Å². The summed E-state index contributed by atoms with van der Waals surface area (Å²) in [4.78, 5) is 23.9. The van der Waals surface area contributed by atoms with Gasteiger partial charge in [-0.15, -0.1) is 11.3 Å². The second-order valence-corrected chi connectivity index (χ2v) is 9.06. The number of hydrogen-bond donors (Lipinski definition) is 1. The lowest BCUT2D eigenvalue weighted by atomic mass is 10.2. The molecule has 2 fully saturated rings. The molecule has 2 aromatic rings. The highest BCUT2D eigenvalue weighted by molar-refractivity contribution is 7.13. The second-order valence-electron chi connectivity index (χ2n) is 8.19. The summed E-state index contributed by atoms with van der Waals surface area (Å²) in [6, 6.07) is 8.14. The van der Waals surface area contributed by atoms with Crippen LogP contribution in [0.25, 0.3) is 0 Å². The molecular weight excluding hydrogens is 398 g/mol. The molecule has 0 saturated carbocycles. The Balaban J connectivity index is 1.27. The van der Waals surface area contributed by atoms with E-state index in [0.29, 0.717) is 6.54 Å². The maximum Gasteiger partial charge on any atom is 0.238 e. The lowest BCUT2D eigenvalue weighted by Gasteiger charge is -2.36. The smallest absolute Gasteiger partial charge is 0.238 e. The number of nitrogens with zero attached hydrogens (tertiary/aromatic N) is 4. The highest BCUT2D eigenvalue weighted by Gasteiger charge is 2.22. The molecule has 0 spiro atoms. The van der Waals surface area contributed by atoms with E-state index in [0.717, 1.165) is 56.5 Å². The normalized spacial score (nSPS) is 23.3. The molecule has 1 aromatic heterocycles. The van der Waals surface area contributed by atoms with Gasteiger partial charge in [-0.1, -0.05) is 0 Å². The molecule has 1 aromatic carbocycles. The van der Waals surface area contributed by atoms with E-state index in [1.165, 1.54) is 5.69 Å². The molecule has 1 N–H and O–H groups in total. The van der Waals surface area contributed by atoms with Crippen molar-refractivity contribution < 1.29 is 9.53 Å². The van der Waals surface area contributed by atoms with E-state index in [1.54, 1.807) is 11.3 Å². The average Bonchev–Trinajstić information content (AvgIpc) is 3.15. The summed E-state index contributed by atoms with van der Waals surface area (Å²) in [7, 11) is 0. The summed E-state index contributed by atoms with van der Waals surface area (Å²) in [6.07, 6.45) is 3.35. The summed E-state index contributed by atoms with van der Waals surface area (Å²) in [5, 5.41) is 6.13. The van der Waals surface area contributed by atoms with Gasteiger partial charge in [-0.25, -0.2) is 4.98 Å². The number of ether oxygens (including phenoxy) is 1. The van der Waals surface area contributed by atoms with Crippen molar-refractivity contribution in [3.63, 3.8) is 0 Å². The Bertz CT molecular complexity index is 803. The predicted molar refractivity (Wildman–Crippen MR) is 123 cm³/mol. The molecule has 30 heavy (non-hydrogen) atoms. The van der Waals surface area contributed by atoms with Gasteiger partial charge in [0.2, 0.25) is 5.91 Å². The Morgan fingerprint density at radius 2 is 1.87 bits per heavy atom. The van der Waals surface area contributed by atoms with E-state index in [9.17, 15) is 4.79 Å². The zero-order valence-corrected chi connectivity index (χ0v) is 18.6. The lowest BCUT2D eigenvalue weighted by Crippen LogP contribution is -2.45. The van der Waals surface area contributed by atoms with Crippen LogP contribution < -0.4 is 15.1 Å². The predicted octanol–water partition coefficient (Wildman–Crippen LogP) is 2.91. The fourth-order valence-electron chi connectivity index (χ4n) is 4.24. The van der Waals surface area contributed by atoms with E-state index < -0.39 is 0 Å². The summed E-state index contributed by atoms with van der Waals surface area (Å²) < 4.78 is 5.81. The standard InChI is InChI=1S/C22H31N5O2S/c1-17-14-27(15-18(2)29-17)20-6-4-19(5-7-20)24-21(28)16-25-9-3-10-26(12-11-25)22-23-8-13-30-22/h4-8,13,17-18H,3,9-12,14-16H2,1-2H3,(H,24,28). The number of morpholine rings is 1. The van der Waals surface area contributed by atoms with E-state index in [1.807, 2.05) is 23.7 Å². The summed E-state index contributed by atoms with van der Waals surface area (Å²) >= 11 is 1.67. The molecule has 162 valence electrons. The van der Waals surface area contributed by atoms with Crippen LogP contribution in [0.5, 0.6) is 0 Å². The third kappa shape index (κ3) is 5.50. The third-order valence-electron chi connectivity index (χ3n) is 5.58. The van der Waals surface area contributed by atoms with E-state index in [2.05, 4.69) is 51.0 Å². The molecule has 4 rings (SSSR count). The first-order valence-corrected chi connectivity index (χ1v) is 11.6. The molecule has 2 saturated heterocycles. The monoisotopic (exact) mass is 429 g/mol. The van der Waals surface area contributed by atoms with Gasteiger partial charge in [0, 0.05) is 62.2 Å². The number of nitrogens with one attached hydrogen (secondary N) is 1. The Hall–Kier alpha value is -2.16. The van der Waals surface area contributed by atoms with Crippen LogP contribution in [0.3, 0.4) is 0 Å². The van der Waals surface area contributed by atoms with Crippen molar-refractivity contribution in [2.45, 2.75) is 32.5 Å². The molecule has 2 aliphatic rings. The van der Waals surface area contributed by atoms with Crippen LogP contribution in [0.4, 0.5) is 16.5 Å². The molecule has 8 heteroatoms. The molecular formula is C22H31N5O2S. The van der Waals surface area contributed by atoms with Crippen molar-refractivity contribution >= 4 is 33.8 Å². The summed E-state index contributed by atoms with van der Waals surface area (Å²) in [5.74, 6) is 0.0408. The quantitative estimate of drug-likeness (QED) is 0.789. The van der Waals surface area contributed by atoms with Crippen molar-refractivity contribution in [3.05, 3.63) is 35.8 Å². The zero-order valence-electron chi connectivity index (χ0n) is 17.8. The number of hydrogen-bond acceptors (Lipinski definition) is 7. The van der Waals surface area contributed by atoms with E-state index in [-0.39, 0.29) is 18.1 Å². The van der Waals surface area contributed by atoms with Crippen LogP contribution in [0, 0.1) is 0 Å². The average molecular weight is 430 g/mol. The summed E-state index contributed by atoms with van der Waals surface area (Å²) in [6.45, 7) is 10.1. The first-order valence-electron chi connectivity index (χ1n) is 10.7. The highest BCUT2D eigenvalue weighted by atomic mass is 32.1. The van der Waals surface area contributed by atoms with E-state index >= 15 is 0 Å². The first-order chi connectivity index (χ1) is 14.6. The minimum absolute atomic E-state index is 0.0408. The number of aromatic nitrogens is 1. The fourth-order valence-corrected chi connectivity index (χ4v) is 4.94. The van der Waals surface area contributed by atoms with Crippen molar-refractivity contribution in [1.82, 2.24) is 9.88 Å². The largest absolute Gasteiger partial charge is 0.372 e. The molecule has 2 aliphatic heterocycles.